The van der Waals surface area contributed by atoms with E-state index < -0.39 is 11.8 Å². The summed E-state index contributed by atoms with van der Waals surface area (Å²) in [5.74, 6) is -0.859. The van der Waals surface area contributed by atoms with Gasteiger partial charge in [-0.3, -0.25) is 25.4 Å². The van der Waals surface area contributed by atoms with Gasteiger partial charge in [0.25, 0.3) is 11.8 Å². The Balaban J connectivity index is 1.67. The Labute approximate surface area is 122 Å². The van der Waals surface area contributed by atoms with Crippen molar-refractivity contribution in [2.75, 3.05) is 6.61 Å². The van der Waals surface area contributed by atoms with Gasteiger partial charge in [-0.25, -0.2) is 0 Å². The number of aromatic nitrogens is 1. The highest BCUT2D eigenvalue weighted by atomic mass is 16.5. The molecule has 6 heteroatoms. The van der Waals surface area contributed by atoms with Gasteiger partial charge in [0.05, 0.1) is 12.2 Å². The normalized spacial score (nSPS) is 9.90. The SMILES string of the molecule is O=C(COCc1ccccc1)NNC(=O)c1cccnc1. The number of nitrogens with one attached hydrogen (secondary N) is 2. The van der Waals surface area contributed by atoms with E-state index in [9.17, 15) is 9.59 Å². The second kappa shape index (κ2) is 7.76. The van der Waals surface area contributed by atoms with E-state index in [-0.39, 0.29) is 6.61 Å². The molecule has 0 unspecified atom stereocenters. The molecular formula is C15H15N3O3. The van der Waals surface area contributed by atoms with Crippen LogP contribution in [0.3, 0.4) is 0 Å². The van der Waals surface area contributed by atoms with Crippen LogP contribution in [0, 0.1) is 0 Å². The predicted octanol–water partition coefficient (Wildman–Crippen LogP) is 1.06. The number of pyridine rings is 1. The fourth-order valence-electron chi connectivity index (χ4n) is 1.57. The molecule has 2 amide bonds. The van der Waals surface area contributed by atoms with E-state index in [1.807, 2.05) is 30.3 Å². The average Bonchev–Trinajstić information content (AvgIpc) is 2.54. The number of hydrogen-bond acceptors (Lipinski definition) is 4. The summed E-state index contributed by atoms with van der Waals surface area (Å²) in [4.78, 5) is 27.0. The molecule has 0 saturated heterocycles. The maximum Gasteiger partial charge on any atom is 0.271 e. The van der Waals surface area contributed by atoms with Crippen LogP contribution < -0.4 is 10.9 Å². The maximum absolute atomic E-state index is 11.6. The second-order valence-electron chi connectivity index (χ2n) is 4.22. The van der Waals surface area contributed by atoms with Crippen molar-refractivity contribution in [2.45, 2.75) is 6.61 Å². The Hall–Kier alpha value is -2.73. The smallest absolute Gasteiger partial charge is 0.271 e. The van der Waals surface area contributed by atoms with Crippen LogP contribution in [0.5, 0.6) is 0 Å². The van der Waals surface area contributed by atoms with Crippen molar-refractivity contribution in [2.24, 2.45) is 0 Å². The molecule has 0 radical (unpaired) electrons. The molecule has 0 aliphatic carbocycles. The minimum absolute atomic E-state index is 0.137. The molecule has 2 N–H and O–H groups in total. The summed E-state index contributed by atoms with van der Waals surface area (Å²) in [5.41, 5.74) is 5.91. The van der Waals surface area contributed by atoms with Crippen LogP contribution in [0.1, 0.15) is 15.9 Å². The molecule has 0 saturated carbocycles. The van der Waals surface area contributed by atoms with Gasteiger partial charge >= 0.3 is 0 Å². The molecule has 1 aromatic heterocycles. The Morgan fingerprint density at radius 3 is 2.57 bits per heavy atom. The van der Waals surface area contributed by atoms with Crippen molar-refractivity contribution >= 4 is 11.8 Å². The van der Waals surface area contributed by atoms with Crippen molar-refractivity contribution < 1.29 is 14.3 Å². The van der Waals surface area contributed by atoms with Gasteiger partial charge in [0, 0.05) is 12.4 Å². The quantitative estimate of drug-likeness (QED) is 0.805. The fraction of sp³-hybridized carbons (Fsp3) is 0.133. The second-order valence-corrected chi connectivity index (χ2v) is 4.22. The highest BCUT2D eigenvalue weighted by Crippen LogP contribution is 1.99. The van der Waals surface area contributed by atoms with E-state index in [4.69, 9.17) is 4.74 Å². The lowest BCUT2D eigenvalue weighted by Gasteiger charge is -2.07. The highest BCUT2D eigenvalue weighted by molar-refractivity contribution is 5.95. The van der Waals surface area contributed by atoms with Crippen LogP contribution in [0.25, 0.3) is 0 Å². The first-order valence-electron chi connectivity index (χ1n) is 6.36. The lowest BCUT2D eigenvalue weighted by Crippen LogP contribution is -2.43. The highest BCUT2D eigenvalue weighted by Gasteiger charge is 2.07. The van der Waals surface area contributed by atoms with E-state index in [1.165, 1.54) is 6.20 Å². The van der Waals surface area contributed by atoms with Gasteiger partial charge in [0.1, 0.15) is 6.61 Å². The van der Waals surface area contributed by atoms with E-state index in [1.54, 1.807) is 18.3 Å². The number of hydrogen-bond donors (Lipinski definition) is 2. The van der Waals surface area contributed by atoms with Gasteiger partial charge in [0.2, 0.25) is 0 Å². The molecule has 0 aliphatic rings. The van der Waals surface area contributed by atoms with E-state index >= 15 is 0 Å². The maximum atomic E-state index is 11.6. The van der Waals surface area contributed by atoms with Crippen molar-refractivity contribution in [1.82, 2.24) is 15.8 Å². The van der Waals surface area contributed by atoms with Crippen LogP contribution in [0.4, 0.5) is 0 Å². The van der Waals surface area contributed by atoms with Crippen molar-refractivity contribution in [3.05, 3.63) is 66.0 Å². The molecule has 1 aromatic carbocycles. The van der Waals surface area contributed by atoms with Gasteiger partial charge in [0.15, 0.2) is 0 Å². The average molecular weight is 285 g/mol. The van der Waals surface area contributed by atoms with Gasteiger partial charge < -0.3 is 4.74 Å². The Morgan fingerprint density at radius 2 is 1.86 bits per heavy atom. The minimum Gasteiger partial charge on any atom is -0.367 e. The number of ether oxygens (including phenoxy) is 1. The standard InChI is InChI=1S/C15H15N3O3/c19-14(11-21-10-12-5-2-1-3-6-12)17-18-15(20)13-7-4-8-16-9-13/h1-9H,10-11H2,(H,17,19)(H,18,20). The molecule has 0 aliphatic heterocycles. The molecule has 0 fully saturated rings. The summed E-state index contributed by atoms with van der Waals surface area (Å²) >= 11 is 0. The van der Waals surface area contributed by atoms with Crippen LogP contribution in [-0.2, 0) is 16.1 Å². The molecule has 2 rings (SSSR count). The van der Waals surface area contributed by atoms with Crippen molar-refractivity contribution in [3.8, 4) is 0 Å². The van der Waals surface area contributed by atoms with Gasteiger partial charge in [-0.15, -0.1) is 0 Å². The number of nitrogens with zero attached hydrogens (tertiary/aromatic N) is 1. The van der Waals surface area contributed by atoms with Crippen LogP contribution in [0.2, 0.25) is 0 Å². The van der Waals surface area contributed by atoms with Crippen molar-refractivity contribution in [1.29, 1.82) is 0 Å². The molecule has 108 valence electrons. The lowest BCUT2D eigenvalue weighted by molar-refractivity contribution is -0.126. The summed E-state index contributed by atoms with van der Waals surface area (Å²) < 4.78 is 5.24. The van der Waals surface area contributed by atoms with Crippen LogP contribution in [-0.4, -0.2) is 23.4 Å². The molecule has 0 spiro atoms. The van der Waals surface area contributed by atoms with Gasteiger partial charge in [-0.2, -0.15) is 0 Å². The molecule has 0 bridgehead atoms. The molecule has 0 atom stereocenters. The van der Waals surface area contributed by atoms with Gasteiger partial charge in [-0.1, -0.05) is 30.3 Å². The first kappa shape index (κ1) is 14.7. The molecule has 2 aromatic rings. The summed E-state index contributed by atoms with van der Waals surface area (Å²) in [6, 6.07) is 12.7. The molecule has 21 heavy (non-hydrogen) atoms. The monoisotopic (exact) mass is 285 g/mol. The number of benzene rings is 1. The number of amides is 2. The van der Waals surface area contributed by atoms with Crippen LogP contribution >= 0.6 is 0 Å². The summed E-state index contributed by atoms with van der Waals surface area (Å²) in [5, 5.41) is 0. The van der Waals surface area contributed by atoms with E-state index in [2.05, 4.69) is 15.8 Å². The minimum atomic E-state index is -0.431. The zero-order valence-corrected chi connectivity index (χ0v) is 11.3. The third kappa shape index (κ3) is 5.04. The lowest BCUT2D eigenvalue weighted by atomic mass is 10.2. The molecular weight excluding hydrogens is 270 g/mol. The Morgan fingerprint density at radius 1 is 1.05 bits per heavy atom. The third-order valence-electron chi connectivity index (χ3n) is 2.58. The molecule has 1 heterocycles. The van der Waals surface area contributed by atoms with Crippen molar-refractivity contribution in [3.63, 3.8) is 0 Å². The Kier molecular flexibility index (Phi) is 5.42. The summed E-state index contributed by atoms with van der Waals surface area (Å²) in [7, 11) is 0. The predicted molar refractivity (Wildman–Crippen MR) is 75.9 cm³/mol. The van der Waals surface area contributed by atoms with Gasteiger partial charge in [-0.05, 0) is 17.7 Å². The first-order chi connectivity index (χ1) is 10.3. The summed E-state index contributed by atoms with van der Waals surface area (Å²) in [6.07, 6.45) is 2.97. The molecule has 6 nitrogen and oxygen atoms in total. The number of rotatable bonds is 5. The number of carbonyl (C=O) groups excluding carboxylic acids is 2. The van der Waals surface area contributed by atoms with Crippen LogP contribution in [0.15, 0.2) is 54.9 Å². The van der Waals surface area contributed by atoms with E-state index in [0.29, 0.717) is 12.2 Å². The topological polar surface area (TPSA) is 80.3 Å². The third-order valence-corrected chi connectivity index (χ3v) is 2.58. The zero-order chi connectivity index (χ0) is 14.9. The van der Waals surface area contributed by atoms with E-state index in [0.717, 1.165) is 5.56 Å². The number of hydrazine groups is 1. The zero-order valence-electron chi connectivity index (χ0n) is 11.3. The largest absolute Gasteiger partial charge is 0.367 e. The number of carbonyl (C=O) groups is 2. The summed E-state index contributed by atoms with van der Waals surface area (Å²) in [6.45, 7) is 0.201. The Bertz CT molecular complexity index is 588. The first-order valence-corrected chi connectivity index (χ1v) is 6.36. The fourth-order valence-corrected chi connectivity index (χ4v) is 1.57.